The molecule has 124 valence electrons. The predicted molar refractivity (Wildman–Crippen MR) is 81.2 cm³/mol. The quantitative estimate of drug-likeness (QED) is 0.716. The molecule has 0 N–H and O–H groups in total. The van der Waals surface area contributed by atoms with E-state index in [4.69, 9.17) is 14.7 Å². The van der Waals surface area contributed by atoms with Crippen LogP contribution in [0.4, 0.5) is 4.79 Å². The van der Waals surface area contributed by atoms with Crippen LogP contribution < -0.4 is 0 Å². The Balaban J connectivity index is 1.99. The number of nitriles is 1. The summed E-state index contributed by atoms with van der Waals surface area (Å²) in [6.07, 6.45) is -0.299. The maximum atomic E-state index is 12.0. The molecule has 0 saturated carbocycles. The first-order valence-corrected chi connectivity index (χ1v) is 7.92. The number of hydrogen-bond acceptors (Lipinski definition) is 6. The normalized spacial score (nSPS) is 30.8. The Morgan fingerprint density at radius 2 is 2.09 bits per heavy atom. The van der Waals surface area contributed by atoms with Gasteiger partial charge >= 0.3 is 6.09 Å². The summed E-state index contributed by atoms with van der Waals surface area (Å²) >= 11 is 0. The van der Waals surface area contributed by atoms with E-state index in [0.717, 1.165) is 26.2 Å². The molecule has 7 heteroatoms. The summed E-state index contributed by atoms with van der Waals surface area (Å²) in [6.45, 7) is 11.1. The van der Waals surface area contributed by atoms with Crippen molar-refractivity contribution in [1.82, 2.24) is 14.7 Å². The van der Waals surface area contributed by atoms with Crippen molar-refractivity contribution >= 4 is 6.09 Å². The minimum atomic E-state index is -0.497. The molecule has 7 nitrogen and oxygen atoms in total. The van der Waals surface area contributed by atoms with E-state index in [1.54, 1.807) is 4.90 Å². The smallest absolute Gasteiger partial charge is 0.409 e. The number of carbonyl (C=O) groups is 1. The predicted octanol–water partition coefficient (Wildman–Crippen LogP) is 0.721. The van der Waals surface area contributed by atoms with E-state index in [2.05, 4.69) is 15.9 Å². The third-order valence-corrected chi connectivity index (χ3v) is 4.28. The number of ether oxygens (including phenoxy) is 2. The van der Waals surface area contributed by atoms with E-state index >= 15 is 0 Å². The van der Waals surface area contributed by atoms with Gasteiger partial charge in [-0.15, -0.1) is 0 Å². The standard InChI is InChI=1S/C15H26N4O3/c1-4-21-14(20)18-11-13(2)22-15(3,12-18)19-9-7-17(6-5-16)8-10-19/h13H,4,6-12H2,1-3H3/t13-,15+/m0/s1. The van der Waals surface area contributed by atoms with Gasteiger partial charge in [0.2, 0.25) is 0 Å². The highest BCUT2D eigenvalue weighted by Crippen LogP contribution is 2.27. The van der Waals surface area contributed by atoms with Gasteiger partial charge in [-0.3, -0.25) is 9.80 Å². The molecule has 2 fully saturated rings. The van der Waals surface area contributed by atoms with E-state index in [-0.39, 0.29) is 12.2 Å². The molecular formula is C15H26N4O3. The summed E-state index contributed by atoms with van der Waals surface area (Å²) in [5, 5.41) is 8.78. The summed E-state index contributed by atoms with van der Waals surface area (Å²) in [5.74, 6) is 0. The van der Waals surface area contributed by atoms with Crippen molar-refractivity contribution in [3.05, 3.63) is 0 Å². The fourth-order valence-electron chi connectivity index (χ4n) is 3.24. The van der Waals surface area contributed by atoms with Gasteiger partial charge < -0.3 is 14.4 Å². The molecule has 0 bridgehead atoms. The van der Waals surface area contributed by atoms with Crippen molar-refractivity contribution in [3.63, 3.8) is 0 Å². The van der Waals surface area contributed by atoms with E-state index in [1.165, 1.54) is 0 Å². The molecule has 2 rings (SSSR count). The molecule has 0 aromatic heterocycles. The van der Waals surface area contributed by atoms with E-state index in [0.29, 0.717) is 26.2 Å². The van der Waals surface area contributed by atoms with Gasteiger partial charge in [-0.1, -0.05) is 0 Å². The van der Waals surface area contributed by atoms with Crippen LogP contribution in [-0.2, 0) is 9.47 Å². The summed E-state index contributed by atoms with van der Waals surface area (Å²) < 4.78 is 11.3. The zero-order valence-electron chi connectivity index (χ0n) is 13.7. The highest BCUT2D eigenvalue weighted by Gasteiger charge is 2.43. The first-order valence-electron chi connectivity index (χ1n) is 7.92. The summed E-state index contributed by atoms with van der Waals surface area (Å²) in [6, 6.07) is 2.19. The molecule has 2 aliphatic rings. The van der Waals surface area contributed by atoms with Crippen molar-refractivity contribution < 1.29 is 14.3 Å². The zero-order valence-corrected chi connectivity index (χ0v) is 13.7. The molecule has 0 spiro atoms. The molecule has 0 unspecified atom stereocenters. The second-order valence-electron chi connectivity index (χ2n) is 6.10. The van der Waals surface area contributed by atoms with Crippen molar-refractivity contribution in [2.24, 2.45) is 0 Å². The number of morpholine rings is 1. The van der Waals surface area contributed by atoms with Crippen molar-refractivity contribution in [2.45, 2.75) is 32.6 Å². The Morgan fingerprint density at radius 3 is 2.68 bits per heavy atom. The first-order chi connectivity index (χ1) is 10.5. The number of piperazine rings is 1. The highest BCUT2D eigenvalue weighted by atomic mass is 16.6. The van der Waals surface area contributed by atoms with Crippen molar-refractivity contribution in [1.29, 1.82) is 5.26 Å². The van der Waals surface area contributed by atoms with Crippen LogP contribution in [0.1, 0.15) is 20.8 Å². The highest BCUT2D eigenvalue weighted by molar-refractivity contribution is 5.67. The van der Waals surface area contributed by atoms with Gasteiger partial charge in [-0.25, -0.2) is 4.79 Å². The average molecular weight is 310 g/mol. The summed E-state index contributed by atoms with van der Waals surface area (Å²) in [4.78, 5) is 18.2. The SMILES string of the molecule is CCOC(=O)N1C[C@H](C)O[C@@](C)(N2CCN(CC#N)CC2)C1. The Bertz CT molecular complexity index is 431. The molecular weight excluding hydrogens is 284 g/mol. The van der Waals surface area contributed by atoms with Gasteiger partial charge in [0.05, 0.1) is 38.4 Å². The molecule has 2 atom stereocenters. The third-order valence-electron chi connectivity index (χ3n) is 4.28. The van der Waals surface area contributed by atoms with Crippen LogP contribution in [0.2, 0.25) is 0 Å². The second-order valence-corrected chi connectivity index (χ2v) is 6.10. The number of rotatable bonds is 3. The van der Waals surface area contributed by atoms with Gasteiger partial charge in [-0.05, 0) is 20.8 Å². The monoisotopic (exact) mass is 310 g/mol. The average Bonchev–Trinajstić information content (AvgIpc) is 2.47. The Morgan fingerprint density at radius 1 is 1.41 bits per heavy atom. The lowest BCUT2D eigenvalue weighted by Crippen LogP contribution is -2.66. The molecule has 2 aliphatic heterocycles. The fraction of sp³-hybridized carbons (Fsp3) is 0.867. The van der Waals surface area contributed by atoms with Gasteiger partial charge in [0.1, 0.15) is 5.72 Å². The maximum absolute atomic E-state index is 12.0. The number of nitrogens with zero attached hydrogens (tertiary/aromatic N) is 4. The second kappa shape index (κ2) is 7.27. The van der Waals surface area contributed by atoms with Crippen LogP contribution in [0.3, 0.4) is 0 Å². The van der Waals surface area contributed by atoms with Crippen molar-refractivity contribution in [3.8, 4) is 6.07 Å². The summed E-state index contributed by atoms with van der Waals surface area (Å²) in [5.41, 5.74) is -0.497. The van der Waals surface area contributed by atoms with Crippen LogP contribution >= 0.6 is 0 Å². The van der Waals surface area contributed by atoms with Gasteiger partial charge in [0, 0.05) is 26.2 Å². The van der Waals surface area contributed by atoms with Gasteiger partial charge in [-0.2, -0.15) is 5.26 Å². The Kier molecular flexibility index (Phi) is 5.62. The van der Waals surface area contributed by atoms with Gasteiger partial charge in [0.15, 0.2) is 0 Å². The molecule has 22 heavy (non-hydrogen) atoms. The minimum Gasteiger partial charge on any atom is -0.450 e. The van der Waals surface area contributed by atoms with Crippen LogP contribution in [-0.4, -0.2) is 85.0 Å². The van der Waals surface area contributed by atoms with Crippen LogP contribution in [0.15, 0.2) is 0 Å². The molecule has 2 saturated heterocycles. The molecule has 2 heterocycles. The van der Waals surface area contributed by atoms with Gasteiger partial charge in [0.25, 0.3) is 0 Å². The van der Waals surface area contributed by atoms with E-state index in [1.807, 2.05) is 20.8 Å². The van der Waals surface area contributed by atoms with E-state index < -0.39 is 5.72 Å². The maximum Gasteiger partial charge on any atom is 0.409 e. The van der Waals surface area contributed by atoms with Crippen LogP contribution in [0.5, 0.6) is 0 Å². The Hall–Kier alpha value is -1.36. The number of amides is 1. The molecule has 0 aromatic rings. The molecule has 0 aliphatic carbocycles. The molecule has 0 radical (unpaired) electrons. The van der Waals surface area contributed by atoms with Crippen LogP contribution in [0, 0.1) is 11.3 Å². The topological polar surface area (TPSA) is 69.0 Å². The largest absolute Gasteiger partial charge is 0.450 e. The lowest BCUT2D eigenvalue weighted by molar-refractivity contribution is -0.216. The van der Waals surface area contributed by atoms with E-state index in [9.17, 15) is 4.79 Å². The molecule has 0 aromatic carbocycles. The first kappa shape index (κ1) is 17.0. The number of carbonyl (C=O) groups excluding carboxylic acids is 1. The Labute approximate surface area is 132 Å². The fourth-order valence-corrected chi connectivity index (χ4v) is 3.24. The zero-order chi connectivity index (χ0) is 16.2. The summed E-state index contributed by atoms with van der Waals surface area (Å²) in [7, 11) is 0. The number of hydrogen-bond donors (Lipinski definition) is 0. The lowest BCUT2D eigenvalue weighted by atomic mass is 10.1. The lowest BCUT2D eigenvalue weighted by Gasteiger charge is -2.51. The molecule has 1 amide bonds. The van der Waals surface area contributed by atoms with Crippen molar-refractivity contribution in [2.75, 3.05) is 52.4 Å². The van der Waals surface area contributed by atoms with Crippen LogP contribution in [0.25, 0.3) is 0 Å². The minimum absolute atomic E-state index is 0.0275. The third kappa shape index (κ3) is 3.88.